The van der Waals surface area contributed by atoms with Crippen LogP contribution in [0.1, 0.15) is 42.3 Å². The second-order valence-electron chi connectivity index (χ2n) is 6.64. The first-order valence-electron chi connectivity index (χ1n) is 8.18. The molecule has 1 amide bonds. The monoisotopic (exact) mass is 313 g/mol. The average Bonchev–Trinajstić information content (AvgIpc) is 2.97. The largest absolute Gasteiger partial charge is 0.335 e. The number of halogens is 1. The number of rotatable bonds is 3. The molecule has 1 aromatic carbocycles. The number of likely N-dealkylation sites (tertiary alicyclic amines) is 1. The van der Waals surface area contributed by atoms with E-state index in [2.05, 4.69) is 5.10 Å². The van der Waals surface area contributed by atoms with Crippen LogP contribution < -0.4 is 0 Å². The standard InChI is InChI=1S/C18H20FN3O/c1-21-11-13(10-20-21)17-6-3-7-22(17)18(23)16-9-15(16)12-4-2-5-14(19)8-12/h2,4-5,8,10-11,15-17H,3,6-7,9H2,1H3/t15-,16+,17+/m1/s1. The van der Waals surface area contributed by atoms with Crippen LogP contribution in [-0.4, -0.2) is 27.1 Å². The summed E-state index contributed by atoms with van der Waals surface area (Å²) in [6.07, 6.45) is 6.70. The van der Waals surface area contributed by atoms with Crippen molar-refractivity contribution >= 4 is 5.91 Å². The van der Waals surface area contributed by atoms with E-state index in [0.717, 1.165) is 36.9 Å². The lowest BCUT2D eigenvalue weighted by Crippen LogP contribution is -2.32. The van der Waals surface area contributed by atoms with E-state index in [0.29, 0.717) is 0 Å². The molecule has 23 heavy (non-hydrogen) atoms. The van der Waals surface area contributed by atoms with Crippen LogP contribution in [0.5, 0.6) is 0 Å². The molecule has 4 nitrogen and oxygen atoms in total. The van der Waals surface area contributed by atoms with Crippen molar-refractivity contribution in [2.45, 2.75) is 31.2 Å². The Morgan fingerprint density at radius 1 is 1.35 bits per heavy atom. The normalized spacial score (nSPS) is 26.5. The minimum absolute atomic E-state index is 0.00840. The van der Waals surface area contributed by atoms with Crippen molar-refractivity contribution in [2.24, 2.45) is 13.0 Å². The molecule has 4 rings (SSSR count). The quantitative estimate of drug-likeness (QED) is 0.873. The van der Waals surface area contributed by atoms with Crippen LogP contribution in [0.2, 0.25) is 0 Å². The van der Waals surface area contributed by atoms with E-state index in [1.54, 1.807) is 16.8 Å². The van der Waals surface area contributed by atoms with Crippen molar-refractivity contribution in [1.29, 1.82) is 0 Å². The Morgan fingerprint density at radius 2 is 2.22 bits per heavy atom. The highest BCUT2D eigenvalue weighted by atomic mass is 19.1. The molecule has 2 heterocycles. The molecular formula is C18H20FN3O. The fraction of sp³-hybridized carbons (Fsp3) is 0.444. The maximum atomic E-state index is 13.4. The van der Waals surface area contributed by atoms with Gasteiger partial charge in [0.25, 0.3) is 0 Å². The highest BCUT2D eigenvalue weighted by Gasteiger charge is 2.47. The lowest BCUT2D eigenvalue weighted by atomic mass is 10.1. The number of carbonyl (C=O) groups excluding carboxylic acids is 1. The Balaban J connectivity index is 1.49. The van der Waals surface area contributed by atoms with Gasteiger partial charge in [0.05, 0.1) is 12.2 Å². The van der Waals surface area contributed by atoms with Crippen LogP contribution in [0.25, 0.3) is 0 Å². The zero-order chi connectivity index (χ0) is 16.0. The van der Waals surface area contributed by atoms with Gasteiger partial charge in [-0.3, -0.25) is 9.48 Å². The Kier molecular flexibility index (Phi) is 3.43. The van der Waals surface area contributed by atoms with Gasteiger partial charge in [-0.15, -0.1) is 0 Å². The SMILES string of the molecule is Cn1cc([C@@H]2CCCN2C(=O)[C@H]2C[C@@H]2c2cccc(F)c2)cn1. The van der Waals surface area contributed by atoms with E-state index >= 15 is 0 Å². The second kappa shape index (κ2) is 5.48. The Labute approximate surface area is 134 Å². The summed E-state index contributed by atoms with van der Waals surface area (Å²) in [7, 11) is 1.89. The van der Waals surface area contributed by atoms with E-state index in [-0.39, 0.29) is 29.6 Å². The number of aryl methyl sites for hydroxylation is 1. The predicted octanol–water partition coefficient (Wildman–Crippen LogP) is 3.03. The molecule has 2 fully saturated rings. The molecule has 1 saturated heterocycles. The molecule has 0 radical (unpaired) electrons. The van der Waals surface area contributed by atoms with Crippen LogP contribution in [-0.2, 0) is 11.8 Å². The lowest BCUT2D eigenvalue weighted by molar-refractivity contribution is -0.133. The van der Waals surface area contributed by atoms with Gasteiger partial charge in [-0.1, -0.05) is 12.1 Å². The van der Waals surface area contributed by atoms with Crippen LogP contribution in [0.4, 0.5) is 4.39 Å². The van der Waals surface area contributed by atoms with E-state index in [1.807, 2.05) is 30.4 Å². The Bertz CT molecular complexity index is 741. The molecule has 120 valence electrons. The van der Waals surface area contributed by atoms with Gasteiger partial charge >= 0.3 is 0 Å². The van der Waals surface area contributed by atoms with Gasteiger partial charge in [-0.2, -0.15) is 5.10 Å². The van der Waals surface area contributed by atoms with Gasteiger partial charge in [0.2, 0.25) is 5.91 Å². The summed E-state index contributed by atoms with van der Waals surface area (Å²) in [5.41, 5.74) is 2.06. The third kappa shape index (κ3) is 2.64. The summed E-state index contributed by atoms with van der Waals surface area (Å²) in [6.45, 7) is 0.810. The molecule has 2 aromatic rings. The van der Waals surface area contributed by atoms with Crippen molar-refractivity contribution in [3.8, 4) is 0 Å². The zero-order valence-corrected chi connectivity index (χ0v) is 13.2. The molecule has 1 aromatic heterocycles. The summed E-state index contributed by atoms with van der Waals surface area (Å²) in [5.74, 6) is 0.169. The maximum absolute atomic E-state index is 13.4. The number of benzene rings is 1. The number of aromatic nitrogens is 2. The topological polar surface area (TPSA) is 38.1 Å². The fourth-order valence-electron chi connectivity index (χ4n) is 3.78. The third-order valence-corrected chi connectivity index (χ3v) is 5.03. The molecule has 1 aliphatic heterocycles. The van der Waals surface area contributed by atoms with Crippen molar-refractivity contribution in [2.75, 3.05) is 6.54 Å². The summed E-state index contributed by atoms with van der Waals surface area (Å²) in [5, 5.41) is 4.22. The summed E-state index contributed by atoms with van der Waals surface area (Å²) in [4.78, 5) is 14.9. The van der Waals surface area contributed by atoms with Gasteiger partial charge in [0, 0.05) is 31.3 Å². The Morgan fingerprint density at radius 3 is 2.96 bits per heavy atom. The molecule has 5 heteroatoms. The third-order valence-electron chi connectivity index (χ3n) is 5.03. The lowest BCUT2D eigenvalue weighted by Gasteiger charge is -2.24. The summed E-state index contributed by atoms with van der Waals surface area (Å²) < 4.78 is 15.1. The predicted molar refractivity (Wildman–Crippen MR) is 84.1 cm³/mol. The minimum atomic E-state index is -0.227. The van der Waals surface area contributed by atoms with Gasteiger partial charge in [-0.25, -0.2) is 4.39 Å². The number of carbonyl (C=O) groups is 1. The van der Waals surface area contributed by atoms with Gasteiger partial charge in [-0.05, 0) is 42.9 Å². The van der Waals surface area contributed by atoms with E-state index < -0.39 is 0 Å². The van der Waals surface area contributed by atoms with Gasteiger partial charge in [0.1, 0.15) is 5.82 Å². The van der Waals surface area contributed by atoms with E-state index in [9.17, 15) is 9.18 Å². The molecule has 0 N–H and O–H groups in total. The number of amides is 1. The first-order chi connectivity index (χ1) is 11.1. The smallest absolute Gasteiger partial charge is 0.226 e. The van der Waals surface area contributed by atoms with E-state index in [4.69, 9.17) is 0 Å². The van der Waals surface area contributed by atoms with Gasteiger partial charge in [0.15, 0.2) is 0 Å². The first kappa shape index (κ1) is 14.4. The molecular weight excluding hydrogens is 293 g/mol. The van der Waals surface area contributed by atoms with Crippen LogP contribution >= 0.6 is 0 Å². The van der Waals surface area contributed by atoms with Crippen LogP contribution in [0, 0.1) is 11.7 Å². The molecule has 1 saturated carbocycles. The summed E-state index contributed by atoms with van der Waals surface area (Å²) in [6, 6.07) is 6.79. The van der Waals surface area contributed by atoms with Crippen molar-refractivity contribution in [3.63, 3.8) is 0 Å². The number of nitrogens with zero attached hydrogens (tertiary/aromatic N) is 3. The number of hydrogen-bond donors (Lipinski definition) is 0. The minimum Gasteiger partial charge on any atom is -0.335 e. The fourth-order valence-corrected chi connectivity index (χ4v) is 3.78. The molecule has 0 spiro atoms. The molecule has 2 aliphatic rings. The number of hydrogen-bond acceptors (Lipinski definition) is 2. The van der Waals surface area contributed by atoms with Crippen molar-refractivity contribution < 1.29 is 9.18 Å². The van der Waals surface area contributed by atoms with E-state index in [1.165, 1.54) is 6.07 Å². The zero-order valence-electron chi connectivity index (χ0n) is 13.2. The van der Waals surface area contributed by atoms with Crippen molar-refractivity contribution in [3.05, 3.63) is 53.6 Å². The Hall–Kier alpha value is -2.17. The molecule has 0 bridgehead atoms. The van der Waals surface area contributed by atoms with Crippen molar-refractivity contribution in [1.82, 2.24) is 14.7 Å². The second-order valence-corrected chi connectivity index (χ2v) is 6.64. The maximum Gasteiger partial charge on any atom is 0.226 e. The highest BCUT2D eigenvalue weighted by molar-refractivity contribution is 5.83. The molecule has 1 aliphatic carbocycles. The van der Waals surface area contributed by atoms with Gasteiger partial charge < -0.3 is 4.90 Å². The molecule has 3 atom stereocenters. The van der Waals surface area contributed by atoms with Crippen LogP contribution in [0.15, 0.2) is 36.7 Å². The summed E-state index contributed by atoms with van der Waals surface area (Å²) >= 11 is 0. The van der Waals surface area contributed by atoms with Crippen LogP contribution in [0.3, 0.4) is 0 Å². The average molecular weight is 313 g/mol. The highest BCUT2D eigenvalue weighted by Crippen LogP contribution is 2.50. The first-order valence-corrected chi connectivity index (χ1v) is 8.18. The molecule has 0 unspecified atom stereocenters.